The van der Waals surface area contributed by atoms with Gasteiger partial charge in [0, 0.05) is 10.7 Å². The van der Waals surface area contributed by atoms with Gasteiger partial charge in [-0.15, -0.1) is 11.6 Å². The van der Waals surface area contributed by atoms with Gasteiger partial charge in [-0.1, -0.05) is 28.1 Å². The second kappa shape index (κ2) is 5.78. The van der Waals surface area contributed by atoms with Gasteiger partial charge in [0.05, 0.1) is 11.9 Å². The lowest BCUT2D eigenvalue weighted by molar-refractivity contribution is 0.628. The van der Waals surface area contributed by atoms with Crippen molar-refractivity contribution in [2.75, 3.05) is 0 Å². The zero-order valence-electron chi connectivity index (χ0n) is 11.8. The Morgan fingerprint density at radius 1 is 1.33 bits per heavy atom. The Labute approximate surface area is 137 Å². The van der Waals surface area contributed by atoms with E-state index in [1.54, 1.807) is 0 Å². The Morgan fingerprint density at radius 2 is 2.14 bits per heavy atom. The lowest BCUT2D eigenvalue weighted by Crippen LogP contribution is -2.10. The van der Waals surface area contributed by atoms with E-state index in [0.717, 1.165) is 27.0 Å². The van der Waals surface area contributed by atoms with Gasteiger partial charge >= 0.3 is 0 Å². The van der Waals surface area contributed by atoms with Crippen LogP contribution in [0, 0.1) is 6.92 Å². The van der Waals surface area contributed by atoms with Crippen molar-refractivity contribution in [3.63, 3.8) is 0 Å². The topological polar surface area (TPSA) is 30.7 Å². The molecule has 0 saturated heterocycles. The summed E-state index contributed by atoms with van der Waals surface area (Å²) < 4.78 is 3.18. The van der Waals surface area contributed by atoms with E-state index in [-0.39, 0.29) is 6.04 Å². The highest BCUT2D eigenvalue weighted by Crippen LogP contribution is 2.27. The maximum Gasteiger partial charge on any atom is 0.160 e. The van der Waals surface area contributed by atoms with E-state index in [2.05, 4.69) is 49.5 Å². The van der Waals surface area contributed by atoms with E-state index >= 15 is 0 Å². The molecule has 21 heavy (non-hydrogen) atoms. The molecule has 0 bridgehead atoms. The van der Waals surface area contributed by atoms with Crippen LogP contribution < -0.4 is 0 Å². The van der Waals surface area contributed by atoms with Crippen molar-refractivity contribution < 1.29 is 0 Å². The van der Waals surface area contributed by atoms with Crippen LogP contribution in [0.2, 0.25) is 0 Å². The first kappa shape index (κ1) is 14.5. The highest BCUT2D eigenvalue weighted by atomic mass is 79.9. The number of hydrogen-bond acceptors (Lipinski definition) is 2. The average Bonchev–Trinajstić information content (AvgIpc) is 2.83. The molecule has 0 aliphatic heterocycles. The maximum absolute atomic E-state index is 6.09. The van der Waals surface area contributed by atoms with Crippen LogP contribution in [0.5, 0.6) is 0 Å². The SMILES string of the molecule is Cc1cnc2c(c1)nc(CCl)n2C(C)c1cccc(Br)c1. The molecule has 0 N–H and O–H groups in total. The zero-order valence-corrected chi connectivity index (χ0v) is 14.2. The summed E-state index contributed by atoms with van der Waals surface area (Å²) in [5, 5.41) is 0. The predicted molar refractivity (Wildman–Crippen MR) is 89.8 cm³/mol. The van der Waals surface area contributed by atoms with E-state index in [1.165, 1.54) is 5.56 Å². The quantitative estimate of drug-likeness (QED) is 0.622. The Kier molecular flexibility index (Phi) is 4.00. The maximum atomic E-state index is 6.09. The van der Waals surface area contributed by atoms with Crippen molar-refractivity contribution in [3.05, 3.63) is 58.0 Å². The Morgan fingerprint density at radius 3 is 2.86 bits per heavy atom. The van der Waals surface area contributed by atoms with Crippen LogP contribution in [0.4, 0.5) is 0 Å². The summed E-state index contributed by atoms with van der Waals surface area (Å²) in [4.78, 5) is 9.17. The number of nitrogens with zero attached hydrogens (tertiary/aromatic N) is 3. The summed E-state index contributed by atoms with van der Waals surface area (Å²) in [6.45, 7) is 4.16. The van der Waals surface area contributed by atoms with Crippen molar-refractivity contribution in [1.82, 2.24) is 14.5 Å². The number of hydrogen-bond donors (Lipinski definition) is 0. The first-order valence-corrected chi connectivity index (χ1v) is 8.08. The molecule has 1 atom stereocenters. The molecule has 0 aliphatic rings. The van der Waals surface area contributed by atoms with Crippen molar-refractivity contribution in [3.8, 4) is 0 Å². The molecular formula is C16H15BrClN3. The van der Waals surface area contributed by atoms with Crippen molar-refractivity contribution in [1.29, 1.82) is 0 Å². The van der Waals surface area contributed by atoms with E-state index in [0.29, 0.717) is 5.88 Å². The van der Waals surface area contributed by atoms with Gasteiger partial charge in [0.15, 0.2) is 5.65 Å². The highest BCUT2D eigenvalue weighted by molar-refractivity contribution is 9.10. The predicted octanol–water partition coefficient (Wildman–Crippen LogP) is 4.85. The van der Waals surface area contributed by atoms with Gasteiger partial charge < -0.3 is 4.57 Å². The van der Waals surface area contributed by atoms with Gasteiger partial charge in [0.25, 0.3) is 0 Å². The molecule has 108 valence electrons. The lowest BCUT2D eigenvalue weighted by atomic mass is 10.1. The van der Waals surface area contributed by atoms with Crippen molar-refractivity contribution in [2.45, 2.75) is 25.8 Å². The Hall–Kier alpha value is -1.39. The fourth-order valence-corrected chi connectivity index (χ4v) is 3.15. The molecular weight excluding hydrogens is 350 g/mol. The first-order valence-electron chi connectivity index (χ1n) is 6.75. The minimum Gasteiger partial charge on any atom is -0.304 e. The number of alkyl halides is 1. The second-order valence-corrected chi connectivity index (χ2v) is 6.30. The summed E-state index contributed by atoms with van der Waals surface area (Å²) in [5.41, 5.74) is 4.07. The summed E-state index contributed by atoms with van der Waals surface area (Å²) >= 11 is 9.61. The third kappa shape index (κ3) is 2.70. The molecule has 2 aromatic heterocycles. The molecule has 0 radical (unpaired) electrons. The van der Waals surface area contributed by atoms with E-state index < -0.39 is 0 Å². The molecule has 0 fully saturated rings. The molecule has 0 spiro atoms. The molecule has 2 heterocycles. The summed E-state index contributed by atoms with van der Waals surface area (Å²) in [7, 11) is 0. The number of rotatable bonds is 3. The lowest BCUT2D eigenvalue weighted by Gasteiger charge is -2.17. The van der Waals surface area contributed by atoms with Gasteiger partial charge in [0.2, 0.25) is 0 Å². The summed E-state index contributed by atoms with van der Waals surface area (Å²) in [6.07, 6.45) is 1.87. The average molecular weight is 365 g/mol. The number of benzene rings is 1. The molecule has 1 aromatic carbocycles. The number of aryl methyl sites for hydroxylation is 1. The summed E-state index contributed by atoms with van der Waals surface area (Å²) in [5.74, 6) is 1.21. The van der Waals surface area contributed by atoms with Crippen molar-refractivity contribution >= 4 is 38.7 Å². The van der Waals surface area contributed by atoms with Gasteiger partial charge in [-0.3, -0.25) is 0 Å². The number of aromatic nitrogens is 3. The van der Waals surface area contributed by atoms with E-state index in [9.17, 15) is 0 Å². The Bertz CT molecular complexity index is 797. The largest absolute Gasteiger partial charge is 0.304 e. The van der Waals surface area contributed by atoms with Crippen LogP contribution in [-0.2, 0) is 5.88 Å². The van der Waals surface area contributed by atoms with E-state index in [1.807, 2.05) is 31.3 Å². The van der Waals surface area contributed by atoms with E-state index in [4.69, 9.17) is 11.6 Å². The molecule has 3 nitrogen and oxygen atoms in total. The third-order valence-corrected chi connectivity index (χ3v) is 4.31. The molecule has 0 aliphatic carbocycles. The Balaban J connectivity index is 2.18. The number of pyridine rings is 1. The molecule has 1 unspecified atom stereocenters. The first-order chi connectivity index (χ1) is 10.1. The highest BCUT2D eigenvalue weighted by Gasteiger charge is 2.18. The molecule has 3 aromatic rings. The molecule has 0 saturated carbocycles. The monoisotopic (exact) mass is 363 g/mol. The van der Waals surface area contributed by atoms with Gasteiger partial charge in [-0.2, -0.15) is 0 Å². The van der Waals surface area contributed by atoms with Crippen LogP contribution in [0.25, 0.3) is 11.2 Å². The van der Waals surface area contributed by atoms with Gasteiger partial charge in [0.1, 0.15) is 11.3 Å². The molecule has 0 amide bonds. The fourth-order valence-electron chi connectivity index (χ4n) is 2.55. The van der Waals surface area contributed by atoms with Gasteiger partial charge in [-0.05, 0) is 43.2 Å². The van der Waals surface area contributed by atoms with Crippen LogP contribution in [-0.4, -0.2) is 14.5 Å². The van der Waals surface area contributed by atoms with Crippen LogP contribution in [0.15, 0.2) is 41.0 Å². The normalized spacial score (nSPS) is 12.8. The van der Waals surface area contributed by atoms with Crippen LogP contribution in [0.3, 0.4) is 0 Å². The van der Waals surface area contributed by atoms with Gasteiger partial charge in [-0.25, -0.2) is 9.97 Å². The number of halogens is 2. The summed E-state index contributed by atoms with van der Waals surface area (Å²) in [6, 6.07) is 10.4. The number of fused-ring (bicyclic) bond motifs is 1. The smallest absolute Gasteiger partial charge is 0.160 e. The third-order valence-electron chi connectivity index (χ3n) is 3.58. The fraction of sp³-hybridized carbons (Fsp3) is 0.250. The number of imidazole rings is 1. The van der Waals surface area contributed by atoms with Crippen molar-refractivity contribution in [2.24, 2.45) is 0 Å². The zero-order chi connectivity index (χ0) is 15.0. The standard InChI is InChI=1S/C16H15BrClN3/c1-10-6-14-16(19-9-10)21(15(8-18)20-14)11(2)12-4-3-5-13(17)7-12/h3-7,9,11H,8H2,1-2H3. The van der Waals surface area contributed by atoms with Crippen LogP contribution in [0.1, 0.15) is 29.9 Å². The minimum absolute atomic E-state index is 0.122. The molecule has 5 heteroatoms. The molecule has 3 rings (SSSR count). The van der Waals surface area contributed by atoms with Crippen LogP contribution >= 0.6 is 27.5 Å². The second-order valence-electron chi connectivity index (χ2n) is 5.12. The minimum atomic E-state index is 0.122.